The maximum Gasteiger partial charge on any atom is 0.322 e. The summed E-state index contributed by atoms with van der Waals surface area (Å²) >= 11 is 0. The molecule has 2 rings (SSSR count). The lowest BCUT2D eigenvalue weighted by atomic mass is 10.0. The van der Waals surface area contributed by atoms with Gasteiger partial charge in [-0.2, -0.15) is 0 Å². The van der Waals surface area contributed by atoms with Gasteiger partial charge in [-0.1, -0.05) is 38.1 Å². The Hall–Kier alpha value is -2.36. The molecule has 4 nitrogen and oxygen atoms in total. The highest BCUT2D eigenvalue weighted by atomic mass is 16.2. The van der Waals surface area contributed by atoms with Gasteiger partial charge >= 0.3 is 6.03 Å². The van der Waals surface area contributed by atoms with Gasteiger partial charge in [0.2, 0.25) is 0 Å². The molecule has 2 amide bonds. The molecule has 0 spiro atoms. The number of hydrogen-bond donors (Lipinski definition) is 1. The number of aromatic nitrogens is 1. The van der Waals surface area contributed by atoms with Gasteiger partial charge in [0, 0.05) is 25.1 Å². The summed E-state index contributed by atoms with van der Waals surface area (Å²) in [6.45, 7) is 6.23. The van der Waals surface area contributed by atoms with Gasteiger partial charge in [-0.3, -0.25) is 4.98 Å². The Morgan fingerprint density at radius 1 is 1.14 bits per heavy atom. The molecule has 1 heterocycles. The molecule has 4 heteroatoms. The third-order valence-electron chi connectivity index (χ3n) is 3.89. The molecule has 1 aromatic heterocycles. The lowest BCUT2D eigenvalue weighted by Gasteiger charge is -2.26. The van der Waals surface area contributed by atoms with Crippen LogP contribution in [0.4, 0.5) is 10.5 Å². The minimum absolute atomic E-state index is 0.0417. The van der Waals surface area contributed by atoms with Crippen molar-refractivity contribution in [2.24, 2.45) is 0 Å². The van der Waals surface area contributed by atoms with Crippen LogP contribution in [0, 0.1) is 0 Å². The van der Waals surface area contributed by atoms with Gasteiger partial charge in [-0.15, -0.1) is 0 Å². The minimum atomic E-state index is -0.121. The van der Waals surface area contributed by atoms with E-state index in [4.69, 9.17) is 0 Å². The molecule has 0 aliphatic carbocycles. The topological polar surface area (TPSA) is 45.2 Å². The molecule has 0 aliphatic rings. The van der Waals surface area contributed by atoms with Crippen LogP contribution in [0.2, 0.25) is 0 Å². The highest BCUT2D eigenvalue weighted by molar-refractivity contribution is 5.90. The zero-order valence-corrected chi connectivity index (χ0v) is 13.6. The predicted molar refractivity (Wildman–Crippen MR) is 90.0 cm³/mol. The SMILES string of the molecule is CC(C)c1ccccc1NC(=O)N(C)[C@@H](C)c1cccnc1. The smallest absolute Gasteiger partial charge is 0.321 e. The average molecular weight is 297 g/mol. The van der Waals surface area contributed by atoms with E-state index in [-0.39, 0.29) is 12.1 Å². The fourth-order valence-corrected chi connectivity index (χ4v) is 2.34. The summed E-state index contributed by atoms with van der Waals surface area (Å²) < 4.78 is 0. The van der Waals surface area contributed by atoms with E-state index in [1.807, 2.05) is 43.3 Å². The monoisotopic (exact) mass is 297 g/mol. The van der Waals surface area contributed by atoms with Crippen molar-refractivity contribution in [1.82, 2.24) is 9.88 Å². The number of anilines is 1. The molecule has 0 fully saturated rings. The summed E-state index contributed by atoms with van der Waals surface area (Å²) in [5.41, 5.74) is 3.02. The first-order valence-electron chi connectivity index (χ1n) is 7.53. The second-order valence-corrected chi connectivity index (χ2v) is 5.75. The van der Waals surface area contributed by atoms with Crippen molar-refractivity contribution in [2.75, 3.05) is 12.4 Å². The normalized spacial score (nSPS) is 12.0. The quantitative estimate of drug-likeness (QED) is 0.907. The number of benzene rings is 1. The summed E-state index contributed by atoms with van der Waals surface area (Å²) in [5.74, 6) is 0.359. The summed E-state index contributed by atoms with van der Waals surface area (Å²) in [7, 11) is 1.80. The number of carbonyl (C=O) groups is 1. The summed E-state index contributed by atoms with van der Waals surface area (Å²) in [4.78, 5) is 18.3. The van der Waals surface area contributed by atoms with E-state index in [0.29, 0.717) is 5.92 Å². The molecule has 0 bridgehead atoms. The van der Waals surface area contributed by atoms with Gasteiger partial charge in [-0.05, 0) is 36.1 Å². The molecule has 2 aromatic rings. The molecule has 22 heavy (non-hydrogen) atoms. The molecule has 1 N–H and O–H groups in total. The van der Waals surface area contributed by atoms with Crippen LogP contribution in [0.15, 0.2) is 48.8 Å². The Bertz CT molecular complexity index is 625. The number of hydrogen-bond acceptors (Lipinski definition) is 2. The van der Waals surface area contributed by atoms with Crippen molar-refractivity contribution < 1.29 is 4.79 Å². The minimum Gasteiger partial charge on any atom is -0.321 e. The summed E-state index contributed by atoms with van der Waals surface area (Å²) in [5, 5.41) is 3.01. The van der Waals surface area contributed by atoms with E-state index in [2.05, 4.69) is 24.1 Å². The number of urea groups is 1. The third kappa shape index (κ3) is 3.64. The zero-order chi connectivity index (χ0) is 16.1. The van der Waals surface area contributed by atoms with E-state index in [1.165, 1.54) is 0 Å². The molecule has 0 saturated heterocycles. The van der Waals surface area contributed by atoms with Gasteiger partial charge < -0.3 is 10.2 Å². The van der Waals surface area contributed by atoms with Crippen molar-refractivity contribution in [1.29, 1.82) is 0 Å². The average Bonchev–Trinajstić information content (AvgIpc) is 2.54. The van der Waals surface area contributed by atoms with Gasteiger partial charge in [0.1, 0.15) is 0 Å². The summed E-state index contributed by atoms with van der Waals surface area (Å²) in [6, 6.07) is 11.6. The van der Waals surface area contributed by atoms with E-state index >= 15 is 0 Å². The van der Waals surface area contributed by atoms with E-state index in [1.54, 1.807) is 24.3 Å². The van der Waals surface area contributed by atoms with E-state index in [0.717, 1.165) is 16.8 Å². The lowest BCUT2D eigenvalue weighted by Crippen LogP contribution is -2.34. The Labute approximate surface area is 132 Å². The van der Waals surface area contributed by atoms with Crippen molar-refractivity contribution >= 4 is 11.7 Å². The van der Waals surface area contributed by atoms with Gasteiger partial charge in [0.15, 0.2) is 0 Å². The number of nitrogens with zero attached hydrogens (tertiary/aromatic N) is 2. The highest BCUT2D eigenvalue weighted by Gasteiger charge is 2.18. The highest BCUT2D eigenvalue weighted by Crippen LogP contribution is 2.25. The van der Waals surface area contributed by atoms with Crippen molar-refractivity contribution in [2.45, 2.75) is 32.7 Å². The molecule has 0 radical (unpaired) electrons. The van der Waals surface area contributed by atoms with Crippen molar-refractivity contribution in [3.05, 3.63) is 59.9 Å². The lowest BCUT2D eigenvalue weighted by molar-refractivity contribution is 0.208. The predicted octanol–water partition coefficient (Wildman–Crippen LogP) is 4.43. The number of para-hydroxylation sites is 1. The fourth-order valence-electron chi connectivity index (χ4n) is 2.34. The third-order valence-corrected chi connectivity index (χ3v) is 3.89. The first kappa shape index (κ1) is 16.0. The number of nitrogens with one attached hydrogen (secondary N) is 1. The van der Waals surface area contributed by atoms with Gasteiger partial charge in [0.05, 0.1) is 6.04 Å². The summed E-state index contributed by atoms with van der Waals surface area (Å²) in [6.07, 6.45) is 3.52. The van der Waals surface area contributed by atoms with E-state index in [9.17, 15) is 4.79 Å². The molecule has 1 atom stereocenters. The Morgan fingerprint density at radius 2 is 1.86 bits per heavy atom. The van der Waals surface area contributed by atoms with Crippen LogP contribution in [-0.2, 0) is 0 Å². The van der Waals surface area contributed by atoms with E-state index < -0.39 is 0 Å². The van der Waals surface area contributed by atoms with Gasteiger partial charge in [0.25, 0.3) is 0 Å². The standard InChI is InChI=1S/C18H23N3O/c1-13(2)16-9-5-6-10-17(16)20-18(22)21(4)14(3)15-8-7-11-19-12-15/h5-14H,1-4H3,(H,20,22)/t14-/m0/s1. The van der Waals surface area contributed by atoms with Crippen molar-refractivity contribution in [3.8, 4) is 0 Å². The van der Waals surface area contributed by atoms with Crippen LogP contribution in [0.3, 0.4) is 0 Å². The van der Waals surface area contributed by atoms with Crippen LogP contribution in [0.25, 0.3) is 0 Å². The van der Waals surface area contributed by atoms with Gasteiger partial charge in [-0.25, -0.2) is 4.79 Å². The zero-order valence-electron chi connectivity index (χ0n) is 13.6. The molecule has 0 saturated carbocycles. The molecule has 0 aliphatic heterocycles. The first-order valence-corrected chi connectivity index (χ1v) is 7.53. The Balaban J connectivity index is 2.12. The molecule has 1 aromatic carbocycles. The van der Waals surface area contributed by atoms with Crippen molar-refractivity contribution in [3.63, 3.8) is 0 Å². The second kappa shape index (κ2) is 7.07. The second-order valence-electron chi connectivity index (χ2n) is 5.75. The fraction of sp³-hybridized carbons (Fsp3) is 0.333. The van der Waals surface area contributed by atoms with Crippen LogP contribution in [0.1, 0.15) is 43.9 Å². The Kier molecular flexibility index (Phi) is 5.15. The number of pyridine rings is 1. The Morgan fingerprint density at radius 3 is 2.50 bits per heavy atom. The molecule has 116 valence electrons. The maximum atomic E-state index is 12.5. The molecular weight excluding hydrogens is 274 g/mol. The first-order chi connectivity index (χ1) is 10.5. The molecule has 0 unspecified atom stereocenters. The number of rotatable bonds is 4. The van der Waals surface area contributed by atoms with Crippen LogP contribution in [0.5, 0.6) is 0 Å². The van der Waals surface area contributed by atoms with Crippen LogP contribution >= 0.6 is 0 Å². The largest absolute Gasteiger partial charge is 0.322 e. The van der Waals surface area contributed by atoms with Crippen LogP contribution in [-0.4, -0.2) is 23.0 Å². The number of carbonyl (C=O) groups excluding carboxylic acids is 1. The maximum absolute atomic E-state index is 12.5. The van der Waals surface area contributed by atoms with Crippen LogP contribution < -0.4 is 5.32 Å². The number of amides is 2. The molecular formula is C18H23N3O.